The Kier molecular flexibility index (Phi) is 9.43. The third-order valence-corrected chi connectivity index (χ3v) is 8.29. The van der Waals surface area contributed by atoms with Crippen molar-refractivity contribution in [2.24, 2.45) is 0 Å². The van der Waals surface area contributed by atoms with Gasteiger partial charge in [-0.05, 0) is 41.9 Å². The van der Waals surface area contributed by atoms with E-state index >= 15 is 0 Å². The Hall–Kier alpha value is -4.40. The van der Waals surface area contributed by atoms with Gasteiger partial charge in [0.25, 0.3) is 5.69 Å². The normalized spacial score (nSPS) is 11.4. The van der Waals surface area contributed by atoms with E-state index in [0.717, 1.165) is 0 Å². The number of ketones is 1. The molecule has 15 heteroatoms. The molecule has 0 saturated carbocycles. The zero-order valence-electron chi connectivity index (χ0n) is 20.4. The van der Waals surface area contributed by atoms with Gasteiger partial charge in [-0.2, -0.15) is 0 Å². The highest BCUT2D eigenvalue weighted by Crippen LogP contribution is 2.30. The van der Waals surface area contributed by atoms with Crippen molar-refractivity contribution in [2.75, 3.05) is 5.75 Å². The number of carbonyl (C=O) groups excluding carboxylic acids is 1. The zero-order chi connectivity index (χ0) is 30.5. The molecule has 0 aliphatic heterocycles. The molecule has 0 aromatic heterocycles. The number of nitro benzene ring substituents is 1. The van der Waals surface area contributed by atoms with E-state index in [-0.39, 0.29) is 17.2 Å². The van der Waals surface area contributed by atoms with Gasteiger partial charge in [0.2, 0.25) is 5.78 Å². The third-order valence-electron chi connectivity index (χ3n) is 5.55. The molecule has 0 unspecified atom stereocenters. The quantitative estimate of drug-likeness (QED) is 0.0340. The maximum atomic E-state index is 13.8. The number of non-ortho nitro benzene ring substituents is 1. The highest BCUT2D eigenvalue weighted by molar-refractivity contribution is 8.03. The third kappa shape index (κ3) is 6.85. The Morgan fingerprint density at radius 1 is 0.683 bits per heavy atom. The number of benzene rings is 4. The molecule has 4 aromatic carbocycles. The maximum Gasteiger partial charge on any atom is 0.515 e. The van der Waals surface area contributed by atoms with E-state index in [9.17, 15) is 54.0 Å². The summed E-state index contributed by atoms with van der Waals surface area (Å²) in [5.74, 6) is -14.1. The maximum absolute atomic E-state index is 13.8. The van der Waals surface area contributed by atoms with Gasteiger partial charge in [0.1, 0.15) is 11.6 Å². The highest BCUT2D eigenvalue weighted by Gasteiger charge is 2.38. The number of Topliss-reactive ketones (excluding diaryl/α,β-unsaturated/α-hetero) is 1. The van der Waals surface area contributed by atoms with Gasteiger partial charge in [-0.25, -0.2) is 22.0 Å². The highest BCUT2D eigenvalue weighted by atomic mass is 32.2. The molecule has 0 fully saturated rings. The summed E-state index contributed by atoms with van der Waals surface area (Å²) in [4.78, 5) is 24.1. The fourth-order valence-electron chi connectivity index (χ4n) is 3.53. The average Bonchev–Trinajstić information content (AvgIpc) is 2.95. The van der Waals surface area contributed by atoms with E-state index in [2.05, 4.69) is 0 Å². The van der Waals surface area contributed by atoms with Crippen LogP contribution in [-0.2, 0) is 14.1 Å². The van der Waals surface area contributed by atoms with Crippen LogP contribution in [0.15, 0.2) is 94.7 Å². The lowest BCUT2D eigenvalue weighted by Gasteiger charge is -2.17. The molecule has 0 spiro atoms. The topological polar surface area (TPSA) is 77.3 Å². The lowest BCUT2D eigenvalue weighted by atomic mass is 9.79. The van der Waals surface area contributed by atoms with Crippen LogP contribution in [0.1, 0.15) is 10.4 Å². The Morgan fingerprint density at radius 2 is 1.07 bits per heavy atom. The van der Waals surface area contributed by atoms with Crippen LogP contribution in [0, 0.1) is 39.2 Å². The van der Waals surface area contributed by atoms with E-state index in [1.54, 1.807) is 48.5 Å². The summed E-state index contributed by atoms with van der Waals surface area (Å²) in [6, 6.07) is 23.1. The van der Waals surface area contributed by atoms with Crippen LogP contribution in [-0.4, -0.2) is 23.4 Å². The Morgan fingerprint density at radius 3 is 1.44 bits per heavy atom. The minimum atomic E-state index is -6.30. The van der Waals surface area contributed by atoms with Crippen molar-refractivity contribution in [3.63, 3.8) is 0 Å². The molecule has 0 saturated heterocycles. The minimum absolute atomic E-state index is 0.0894. The van der Waals surface area contributed by atoms with E-state index in [1.165, 1.54) is 24.3 Å². The summed E-state index contributed by atoms with van der Waals surface area (Å²) in [6.07, 6.45) is 0. The minimum Gasteiger partial charge on any atom is -0.445 e. The molecule has 0 amide bonds. The number of rotatable bonds is 7. The number of halogens is 8. The number of hydrogen-bond donors (Lipinski definition) is 0. The molecule has 0 aliphatic carbocycles. The molecule has 0 radical (unpaired) electrons. The molecule has 4 rings (SSSR count). The van der Waals surface area contributed by atoms with Gasteiger partial charge in [-0.1, -0.05) is 40.6 Å². The Bertz CT molecular complexity index is 1550. The van der Waals surface area contributed by atoms with Crippen molar-refractivity contribution < 1.29 is 48.8 Å². The summed E-state index contributed by atoms with van der Waals surface area (Å²) >= 11 is 0. The summed E-state index contributed by atoms with van der Waals surface area (Å²) in [5, 5.41) is 10.8. The molecular weight excluding hydrogens is 585 g/mol. The first-order valence-electron chi connectivity index (χ1n) is 11.3. The molecule has 4 aromatic rings. The Balaban J connectivity index is 0.000000263. The van der Waals surface area contributed by atoms with Gasteiger partial charge in [-0.3, -0.25) is 14.9 Å². The van der Waals surface area contributed by atoms with Gasteiger partial charge in [-0.15, -0.1) is 0 Å². The summed E-state index contributed by atoms with van der Waals surface area (Å²) in [7, 11) is -2.80. The first-order chi connectivity index (χ1) is 19.2. The average molecular weight is 601 g/mol. The number of nitro groups is 1. The number of nitrogens with zero attached hydrogens (tertiary/aromatic N) is 1. The van der Waals surface area contributed by atoms with Crippen LogP contribution in [0.5, 0.6) is 0 Å². The number of carbonyl (C=O) groups is 1. The van der Waals surface area contributed by atoms with Gasteiger partial charge < -0.3 is 12.9 Å². The molecule has 0 heterocycles. The van der Waals surface area contributed by atoms with E-state index in [1.807, 2.05) is 12.1 Å². The van der Waals surface area contributed by atoms with E-state index in [4.69, 9.17) is 0 Å². The van der Waals surface area contributed by atoms with Crippen molar-refractivity contribution in [2.45, 2.75) is 9.79 Å². The van der Waals surface area contributed by atoms with Crippen molar-refractivity contribution >= 4 is 33.8 Å². The predicted octanol–water partition coefficient (Wildman–Crippen LogP) is 6.83. The SMILES string of the molecule is Fc1c(F)c(F)c([B-](F)(F)F)c(F)c1F.O=C(C[S+](=O)(c1ccccc1)c1ccccc1)c1ccc([N+](=O)[O-])cc1. The van der Waals surface area contributed by atoms with E-state index in [0.29, 0.717) is 15.4 Å². The lowest BCUT2D eigenvalue weighted by Crippen LogP contribution is -2.41. The van der Waals surface area contributed by atoms with Crippen LogP contribution >= 0.6 is 0 Å². The summed E-state index contributed by atoms with van der Waals surface area (Å²) < 4.78 is 111. The van der Waals surface area contributed by atoms with Crippen LogP contribution in [0.4, 0.5) is 40.6 Å². The standard InChI is InChI=1S/C20H16NO4S.C6BF8/c22-20(16-11-13-17(14-12-16)21(23)24)15-26(25,18-7-3-1-4-8-18)19-9-5-2-6-10-19;8-2-1(7(13,14)15)3(9)5(11)6(12)4(2)10/h1-14H,15H2;/q+1;-1. The van der Waals surface area contributed by atoms with Gasteiger partial charge in [0, 0.05) is 17.7 Å². The molecule has 5 nitrogen and oxygen atoms in total. The van der Waals surface area contributed by atoms with Crippen molar-refractivity contribution in [3.8, 4) is 0 Å². The summed E-state index contributed by atoms with van der Waals surface area (Å²) in [5.41, 5.74) is -2.52. The number of hydrogen-bond acceptors (Lipinski definition) is 4. The second-order valence-corrected chi connectivity index (χ2v) is 10.8. The molecule has 0 aliphatic rings. The fourth-order valence-corrected chi connectivity index (χ4v) is 5.86. The van der Waals surface area contributed by atoms with Gasteiger partial charge in [0.15, 0.2) is 42.9 Å². The molecule has 0 N–H and O–H groups in total. The first kappa shape index (κ1) is 31.1. The molecular formula is C26H16BF8NO4S. The molecule has 0 bridgehead atoms. The van der Waals surface area contributed by atoms with Crippen molar-refractivity contribution in [1.29, 1.82) is 0 Å². The first-order valence-corrected chi connectivity index (χ1v) is 13.0. The van der Waals surface area contributed by atoms with Crippen LogP contribution in [0.25, 0.3) is 0 Å². The van der Waals surface area contributed by atoms with E-state index < -0.39 is 56.4 Å². The van der Waals surface area contributed by atoms with Crippen LogP contribution in [0.2, 0.25) is 0 Å². The molecule has 0 atom stereocenters. The van der Waals surface area contributed by atoms with Gasteiger partial charge >= 0.3 is 6.98 Å². The second-order valence-electron chi connectivity index (χ2n) is 8.23. The smallest absolute Gasteiger partial charge is 0.445 e. The van der Waals surface area contributed by atoms with Crippen molar-refractivity contribution in [3.05, 3.63) is 130 Å². The monoisotopic (exact) mass is 601 g/mol. The van der Waals surface area contributed by atoms with Crippen molar-refractivity contribution in [1.82, 2.24) is 0 Å². The van der Waals surface area contributed by atoms with Crippen LogP contribution < -0.4 is 5.46 Å². The summed E-state index contributed by atoms with van der Waals surface area (Å²) in [6.45, 7) is -6.30. The molecule has 214 valence electrons. The van der Waals surface area contributed by atoms with Gasteiger partial charge in [0.05, 0.1) is 4.92 Å². The fraction of sp³-hybridized carbons (Fsp3) is 0.0385. The lowest BCUT2D eigenvalue weighted by molar-refractivity contribution is -0.384. The van der Waals surface area contributed by atoms with Crippen LogP contribution in [0.3, 0.4) is 0 Å². The molecule has 41 heavy (non-hydrogen) atoms. The zero-order valence-corrected chi connectivity index (χ0v) is 21.2. The Labute approximate surface area is 228 Å². The predicted molar refractivity (Wildman–Crippen MR) is 135 cm³/mol. The largest absolute Gasteiger partial charge is 0.515 e. The second kappa shape index (κ2) is 12.4.